The zero-order valence-corrected chi connectivity index (χ0v) is 10.8. The number of hydrogen-bond acceptors (Lipinski definition) is 4. The molecule has 2 rings (SSSR count). The van der Waals surface area contributed by atoms with Crippen LogP contribution in [0.2, 0.25) is 0 Å². The van der Waals surface area contributed by atoms with Crippen LogP contribution >= 0.6 is 0 Å². The number of carbonyl (C=O) groups is 1. The molecule has 0 aliphatic heterocycles. The first-order chi connectivity index (χ1) is 8.74. The Labute approximate surface area is 106 Å². The van der Waals surface area contributed by atoms with Crippen molar-refractivity contribution in [3.8, 4) is 17.2 Å². The highest BCUT2D eigenvalue weighted by atomic mass is 16.5. The predicted molar refractivity (Wildman–Crippen MR) is 68.5 cm³/mol. The Kier molecular flexibility index (Phi) is 3.55. The van der Waals surface area contributed by atoms with Gasteiger partial charge in [0, 0.05) is 5.56 Å². The summed E-state index contributed by atoms with van der Waals surface area (Å²) in [6.45, 7) is 0. The quantitative estimate of drug-likeness (QED) is 0.766. The van der Waals surface area contributed by atoms with E-state index in [4.69, 9.17) is 14.2 Å². The third-order valence-electron chi connectivity index (χ3n) is 3.12. The third-order valence-corrected chi connectivity index (χ3v) is 3.12. The first-order valence-corrected chi connectivity index (χ1v) is 5.72. The molecule has 1 aromatic carbocycles. The molecule has 0 fully saturated rings. The minimum absolute atomic E-state index is 0.558. The molecule has 4 heteroatoms. The summed E-state index contributed by atoms with van der Waals surface area (Å²) in [6.07, 6.45) is 4.29. The molecule has 0 unspecified atom stereocenters. The van der Waals surface area contributed by atoms with E-state index in [0.29, 0.717) is 17.2 Å². The number of allylic oxidation sites excluding steroid dienone is 1. The second kappa shape index (κ2) is 5.12. The smallest absolute Gasteiger partial charge is 0.203 e. The molecule has 1 aliphatic carbocycles. The van der Waals surface area contributed by atoms with Gasteiger partial charge in [0.2, 0.25) is 5.75 Å². The van der Waals surface area contributed by atoms with Gasteiger partial charge in [-0.2, -0.15) is 0 Å². The molecule has 0 heterocycles. The van der Waals surface area contributed by atoms with E-state index in [1.54, 1.807) is 21.3 Å². The number of aryl methyl sites for hydroxylation is 1. The Morgan fingerprint density at radius 1 is 1.06 bits per heavy atom. The van der Waals surface area contributed by atoms with Gasteiger partial charge in [0.05, 0.1) is 21.3 Å². The van der Waals surface area contributed by atoms with E-state index in [1.165, 1.54) is 0 Å². The molecule has 4 nitrogen and oxygen atoms in total. The highest BCUT2D eigenvalue weighted by Crippen LogP contribution is 2.44. The van der Waals surface area contributed by atoms with Gasteiger partial charge in [-0.05, 0) is 36.1 Å². The van der Waals surface area contributed by atoms with E-state index in [1.807, 2.05) is 12.1 Å². The van der Waals surface area contributed by atoms with Crippen molar-refractivity contribution in [2.45, 2.75) is 12.8 Å². The maximum atomic E-state index is 10.9. The number of rotatable bonds is 4. The largest absolute Gasteiger partial charge is 0.493 e. The van der Waals surface area contributed by atoms with E-state index in [9.17, 15) is 4.79 Å². The first kappa shape index (κ1) is 12.5. The molecule has 0 aromatic heterocycles. The SMILES string of the molecule is COc1cc2c(c(OC)c1OC)C=C(C=O)CC2. The highest BCUT2D eigenvalue weighted by molar-refractivity contribution is 5.86. The lowest BCUT2D eigenvalue weighted by molar-refractivity contribution is -0.105. The molecule has 0 bridgehead atoms. The third kappa shape index (κ3) is 1.94. The monoisotopic (exact) mass is 248 g/mol. The van der Waals surface area contributed by atoms with E-state index in [0.717, 1.165) is 35.8 Å². The van der Waals surface area contributed by atoms with Crippen LogP contribution < -0.4 is 14.2 Å². The molecule has 96 valence electrons. The number of hydrogen-bond donors (Lipinski definition) is 0. The summed E-state index contributed by atoms with van der Waals surface area (Å²) < 4.78 is 16.0. The predicted octanol–water partition coefficient (Wildman–Crippen LogP) is 2.24. The molecule has 0 spiro atoms. The van der Waals surface area contributed by atoms with E-state index in [2.05, 4.69) is 0 Å². The lowest BCUT2D eigenvalue weighted by Crippen LogP contribution is -2.05. The van der Waals surface area contributed by atoms with Crippen LogP contribution in [0.5, 0.6) is 17.2 Å². The standard InChI is InChI=1S/C14H16O4/c1-16-12-7-10-5-4-9(8-15)6-11(10)13(17-2)14(12)18-3/h6-8H,4-5H2,1-3H3. The zero-order valence-electron chi connectivity index (χ0n) is 10.8. The van der Waals surface area contributed by atoms with Crippen molar-refractivity contribution in [3.63, 3.8) is 0 Å². The van der Waals surface area contributed by atoms with Gasteiger partial charge in [0.1, 0.15) is 6.29 Å². The van der Waals surface area contributed by atoms with Crippen LogP contribution in [0.25, 0.3) is 6.08 Å². The summed E-state index contributed by atoms with van der Waals surface area (Å²) in [4.78, 5) is 10.9. The average Bonchev–Trinajstić information content (AvgIpc) is 2.44. The van der Waals surface area contributed by atoms with Gasteiger partial charge in [-0.3, -0.25) is 4.79 Å². The van der Waals surface area contributed by atoms with E-state index >= 15 is 0 Å². The average molecular weight is 248 g/mol. The molecule has 1 aromatic rings. The van der Waals surface area contributed by atoms with Gasteiger partial charge in [-0.25, -0.2) is 0 Å². The highest BCUT2D eigenvalue weighted by Gasteiger charge is 2.22. The van der Waals surface area contributed by atoms with Crippen LogP contribution in [0.1, 0.15) is 17.5 Å². The number of benzene rings is 1. The van der Waals surface area contributed by atoms with Crippen molar-refractivity contribution in [1.29, 1.82) is 0 Å². The summed E-state index contributed by atoms with van der Waals surface area (Å²) in [6, 6.07) is 1.94. The van der Waals surface area contributed by atoms with Crippen molar-refractivity contribution in [2.75, 3.05) is 21.3 Å². The van der Waals surface area contributed by atoms with Crippen LogP contribution in [-0.4, -0.2) is 27.6 Å². The van der Waals surface area contributed by atoms with Crippen molar-refractivity contribution in [3.05, 3.63) is 22.8 Å². The summed E-state index contributed by atoms with van der Waals surface area (Å²) >= 11 is 0. The molecular formula is C14H16O4. The summed E-state index contributed by atoms with van der Waals surface area (Å²) in [5.74, 6) is 1.82. The van der Waals surface area contributed by atoms with Gasteiger partial charge < -0.3 is 14.2 Å². The van der Waals surface area contributed by atoms with E-state index in [-0.39, 0.29) is 0 Å². The van der Waals surface area contributed by atoms with Crippen LogP contribution in [0.3, 0.4) is 0 Å². The molecule has 0 atom stereocenters. The number of carbonyl (C=O) groups excluding carboxylic acids is 1. The van der Waals surface area contributed by atoms with Crippen LogP contribution in [0.15, 0.2) is 11.6 Å². The van der Waals surface area contributed by atoms with Crippen molar-refractivity contribution in [1.82, 2.24) is 0 Å². The maximum Gasteiger partial charge on any atom is 0.203 e. The van der Waals surface area contributed by atoms with Gasteiger partial charge in [0.25, 0.3) is 0 Å². The van der Waals surface area contributed by atoms with Crippen LogP contribution in [0, 0.1) is 0 Å². The Morgan fingerprint density at radius 2 is 1.78 bits per heavy atom. The Balaban J connectivity index is 2.67. The minimum Gasteiger partial charge on any atom is -0.493 e. The number of ether oxygens (including phenoxy) is 3. The second-order valence-electron chi connectivity index (χ2n) is 4.06. The number of methoxy groups -OCH3 is 3. The summed E-state index contributed by atoms with van der Waals surface area (Å²) in [5.41, 5.74) is 2.78. The number of fused-ring (bicyclic) bond motifs is 1. The van der Waals surface area contributed by atoms with Crippen LogP contribution in [-0.2, 0) is 11.2 Å². The maximum absolute atomic E-state index is 10.9. The summed E-state index contributed by atoms with van der Waals surface area (Å²) in [7, 11) is 4.75. The van der Waals surface area contributed by atoms with Crippen LogP contribution in [0.4, 0.5) is 0 Å². The fraction of sp³-hybridized carbons (Fsp3) is 0.357. The van der Waals surface area contributed by atoms with Crippen molar-refractivity contribution < 1.29 is 19.0 Å². The molecule has 1 aliphatic rings. The Morgan fingerprint density at radius 3 is 2.33 bits per heavy atom. The molecule has 18 heavy (non-hydrogen) atoms. The molecule has 0 amide bonds. The summed E-state index contributed by atoms with van der Waals surface area (Å²) in [5, 5.41) is 0. The molecule has 0 N–H and O–H groups in total. The van der Waals surface area contributed by atoms with Crippen molar-refractivity contribution in [2.24, 2.45) is 0 Å². The second-order valence-corrected chi connectivity index (χ2v) is 4.06. The Bertz CT molecular complexity index is 503. The minimum atomic E-state index is 0.558. The molecule has 0 radical (unpaired) electrons. The van der Waals surface area contributed by atoms with Gasteiger partial charge in [-0.1, -0.05) is 0 Å². The normalized spacial score (nSPS) is 13.4. The first-order valence-electron chi connectivity index (χ1n) is 5.72. The lowest BCUT2D eigenvalue weighted by Gasteiger charge is -2.20. The zero-order chi connectivity index (χ0) is 13.1. The Hall–Kier alpha value is -1.97. The topological polar surface area (TPSA) is 44.8 Å². The molecular weight excluding hydrogens is 232 g/mol. The van der Waals surface area contributed by atoms with Gasteiger partial charge >= 0.3 is 0 Å². The molecule has 0 saturated heterocycles. The van der Waals surface area contributed by atoms with Crippen molar-refractivity contribution >= 4 is 12.4 Å². The van der Waals surface area contributed by atoms with Gasteiger partial charge in [-0.15, -0.1) is 0 Å². The fourth-order valence-electron chi connectivity index (χ4n) is 2.22. The fourth-order valence-corrected chi connectivity index (χ4v) is 2.22. The lowest BCUT2D eigenvalue weighted by atomic mass is 9.91. The number of aldehydes is 1. The van der Waals surface area contributed by atoms with E-state index < -0.39 is 0 Å². The van der Waals surface area contributed by atoms with Gasteiger partial charge in [0.15, 0.2) is 11.5 Å². The molecule has 0 saturated carbocycles.